The minimum atomic E-state index is 0.591. The molecule has 2 aromatic rings. The van der Waals surface area contributed by atoms with Gasteiger partial charge in [0, 0.05) is 12.6 Å². The van der Waals surface area contributed by atoms with Crippen molar-refractivity contribution in [2.24, 2.45) is 5.73 Å². The Bertz CT molecular complexity index is 349. The standard InChI is InChI=1S/C8H9N3O/c9-2-1-7-3-6-4-10-5-11-8(6)12-7/h3-5H,1-2,9H2. The minimum absolute atomic E-state index is 0.591. The van der Waals surface area contributed by atoms with Crippen LogP contribution in [0.25, 0.3) is 11.1 Å². The molecule has 0 saturated heterocycles. The first-order valence-corrected chi connectivity index (χ1v) is 3.78. The lowest BCUT2D eigenvalue weighted by atomic mass is 10.3. The van der Waals surface area contributed by atoms with Crippen molar-refractivity contribution < 1.29 is 4.42 Å². The van der Waals surface area contributed by atoms with Gasteiger partial charge in [-0.3, -0.25) is 0 Å². The van der Waals surface area contributed by atoms with E-state index in [4.69, 9.17) is 10.2 Å². The van der Waals surface area contributed by atoms with Gasteiger partial charge in [0.2, 0.25) is 5.71 Å². The van der Waals surface area contributed by atoms with Crippen LogP contribution >= 0.6 is 0 Å². The zero-order chi connectivity index (χ0) is 8.39. The molecule has 2 heterocycles. The summed E-state index contributed by atoms with van der Waals surface area (Å²) in [7, 11) is 0. The Labute approximate surface area is 69.4 Å². The van der Waals surface area contributed by atoms with Crippen LogP contribution in [0.4, 0.5) is 0 Å². The molecule has 2 aromatic heterocycles. The third-order valence-corrected chi connectivity index (χ3v) is 1.64. The van der Waals surface area contributed by atoms with Gasteiger partial charge in [-0.15, -0.1) is 0 Å². The second-order valence-corrected chi connectivity index (χ2v) is 2.53. The number of nitrogens with two attached hydrogens (primary N) is 1. The van der Waals surface area contributed by atoms with E-state index in [0.29, 0.717) is 12.3 Å². The van der Waals surface area contributed by atoms with Crippen molar-refractivity contribution in [1.82, 2.24) is 9.97 Å². The summed E-state index contributed by atoms with van der Waals surface area (Å²) in [4.78, 5) is 7.85. The summed E-state index contributed by atoms with van der Waals surface area (Å²) >= 11 is 0. The van der Waals surface area contributed by atoms with Crippen molar-refractivity contribution in [3.63, 3.8) is 0 Å². The third kappa shape index (κ3) is 1.16. The van der Waals surface area contributed by atoms with Gasteiger partial charge in [-0.05, 0) is 12.6 Å². The largest absolute Gasteiger partial charge is 0.443 e. The van der Waals surface area contributed by atoms with Gasteiger partial charge in [0.05, 0.1) is 5.39 Å². The van der Waals surface area contributed by atoms with Crippen molar-refractivity contribution >= 4 is 11.1 Å². The molecule has 0 aliphatic heterocycles. The first-order chi connectivity index (χ1) is 5.90. The highest BCUT2D eigenvalue weighted by Crippen LogP contribution is 2.15. The Morgan fingerprint density at radius 1 is 1.50 bits per heavy atom. The van der Waals surface area contributed by atoms with Crippen molar-refractivity contribution in [3.8, 4) is 0 Å². The number of nitrogens with zero attached hydrogens (tertiary/aromatic N) is 2. The van der Waals surface area contributed by atoms with Crippen molar-refractivity contribution in [2.75, 3.05) is 6.54 Å². The summed E-state index contributed by atoms with van der Waals surface area (Å²) in [6.07, 6.45) is 3.94. The molecule has 12 heavy (non-hydrogen) atoms. The zero-order valence-corrected chi connectivity index (χ0v) is 6.53. The molecule has 0 spiro atoms. The predicted molar refractivity (Wildman–Crippen MR) is 44.6 cm³/mol. The van der Waals surface area contributed by atoms with Crippen LogP contribution in [0.1, 0.15) is 5.76 Å². The van der Waals surface area contributed by atoms with E-state index >= 15 is 0 Å². The second-order valence-electron chi connectivity index (χ2n) is 2.53. The normalized spacial score (nSPS) is 10.8. The lowest BCUT2D eigenvalue weighted by Crippen LogP contribution is -2.01. The highest BCUT2D eigenvalue weighted by Gasteiger charge is 2.02. The molecule has 0 aliphatic carbocycles. The maximum Gasteiger partial charge on any atom is 0.229 e. The second kappa shape index (κ2) is 2.91. The molecule has 4 nitrogen and oxygen atoms in total. The quantitative estimate of drug-likeness (QED) is 0.708. The molecule has 0 aliphatic rings. The van der Waals surface area contributed by atoms with E-state index in [9.17, 15) is 0 Å². The number of fused-ring (bicyclic) bond motifs is 1. The van der Waals surface area contributed by atoms with E-state index in [0.717, 1.165) is 17.6 Å². The summed E-state index contributed by atoms with van der Waals surface area (Å²) in [5.74, 6) is 0.869. The predicted octanol–water partition coefficient (Wildman–Crippen LogP) is 0.724. The molecule has 0 radical (unpaired) electrons. The van der Waals surface area contributed by atoms with E-state index in [2.05, 4.69) is 9.97 Å². The van der Waals surface area contributed by atoms with Gasteiger partial charge >= 0.3 is 0 Å². The van der Waals surface area contributed by atoms with Crippen LogP contribution in [0.5, 0.6) is 0 Å². The SMILES string of the molecule is NCCc1cc2cncnc2o1. The van der Waals surface area contributed by atoms with Gasteiger partial charge in [0.1, 0.15) is 12.1 Å². The number of hydrogen-bond acceptors (Lipinski definition) is 4. The van der Waals surface area contributed by atoms with Gasteiger partial charge in [-0.2, -0.15) is 0 Å². The van der Waals surface area contributed by atoms with Gasteiger partial charge in [0.25, 0.3) is 0 Å². The molecule has 2 N–H and O–H groups in total. The smallest absolute Gasteiger partial charge is 0.229 e. The summed E-state index contributed by atoms with van der Waals surface area (Å²) < 4.78 is 5.38. The maximum absolute atomic E-state index is 5.39. The molecule has 0 bridgehead atoms. The van der Waals surface area contributed by atoms with Gasteiger partial charge in [-0.25, -0.2) is 9.97 Å². The Morgan fingerprint density at radius 2 is 2.42 bits per heavy atom. The summed E-state index contributed by atoms with van der Waals surface area (Å²) in [6, 6.07) is 1.92. The van der Waals surface area contributed by atoms with Crippen LogP contribution in [0.15, 0.2) is 23.0 Å². The van der Waals surface area contributed by atoms with Crippen LogP contribution < -0.4 is 5.73 Å². The van der Waals surface area contributed by atoms with Crippen LogP contribution in [0.2, 0.25) is 0 Å². The Kier molecular flexibility index (Phi) is 1.75. The highest BCUT2D eigenvalue weighted by atomic mass is 16.3. The molecular weight excluding hydrogens is 154 g/mol. The van der Waals surface area contributed by atoms with Crippen molar-refractivity contribution in [3.05, 3.63) is 24.4 Å². The molecule has 0 saturated carbocycles. The Hall–Kier alpha value is -1.42. The highest BCUT2D eigenvalue weighted by molar-refractivity contribution is 5.72. The van der Waals surface area contributed by atoms with Crippen LogP contribution in [-0.4, -0.2) is 16.5 Å². The molecule has 2 rings (SSSR count). The number of hydrogen-bond donors (Lipinski definition) is 1. The number of aromatic nitrogens is 2. The molecule has 0 aromatic carbocycles. The average Bonchev–Trinajstić information content (AvgIpc) is 2.47. The lowest BCUT2D eigenvalue weighted by Gasteiger charge is -1.87. The number of furan rings is 1. The first kappa shape index (κ1) is 7.24. The first-order valence-electron chi connectivity index (χ1n) is 3.78. The summed E-state index contributed by atoms with van der Waals surface area (Å²) in [5, 5.41) is 0.931. The van der Waals surface area contributed by atoms with E-state index in [1.165, 1.54) is 6.33 Å². The molecule has 0 atom stereocenters. The zero-order valence-electron chi connectivity index (χ0n) is 6.53. The van der Waals surface area contributed by atoms with E-state index in [1.54, 1.807) is 6.20 Å². The number of rotatable bonds is 2. The van der Waals surface area contributed by atoms with Crippen LogP contribution in [0.3, 0.4) is 0 Å². The fourth-order valence-electron chi connectivity index (χ4n) is 1.11. The fourth-order valence-corrected chi connectivity index (χ4v) is 1.11. The van der Waals surface area contributed by atoms with Crippen LogP contribution in [0, 0.1) is 0 Å². The van der Waals surface area contributed by atoms with Crippen molar-refractivity contribution in [1.29, 1.82) is 0 Å². The topological polar surface area (TPSA) is 64.9 Å². The maximum atomic E-state index is 5.39. The van der Waals surface area contributed by atoms with Gasteiger partial charge < -0.3 is 10.2 Å². The van der Waals surface area contributed by atoms with E-state index < -0.39 is 0 Å². The molecule has 62 valence electrons. The molecule has 0 unspecified atom stereocenters. The van der Waals surface area contributed by atoms with E-state index in [-0.39, 0.29) is 0 Å². The Balaban J connectivity index is 2.47. The third-order valence-electron chi connectivity index (χ3n) is 1.64. The summed E-state index contributed by atoms with van der Waals surface area (Å²) in [6.45, 7) is 0.591. The molecule has 0 fully saturated rings. The van der Waals surface area contributed by atoms with Gasteiger partial charge in [0.15, 0.2) is 0 Å². The summed E-state index contributed by atoms with van der Waals surface area (Å²) in [5.41, 5.74) is 6.02. The van der Waals surface area contributed by atoms with Crippen LogP contribution in [-0.2, 0) is 6.42 Å². The fraction of sp³-hybridized carbons (Fsp3) is 0.250. The lowest BCUT2D eigenvalue weighted by molar-refractivity contribution is 0.540. The van der Waals surface area contributed by atoms with Crippen molar-refractivity contribution in [2.45, 2.75) is 6.42 Å². The van der Waals surface area contributed by atoms with E-state index in [1.807, 2.05) is 6.07 Å². The minimum Gasteiger partial charge on any atom is -0.443 e. The molecule has 4 heteroatoms. The average molecular weight is 163 g/mol. The Morgan fingerprint density at radius 3 is 3.17 bits per heavy atom. The van der Waals surface area contributed by atoms with Gasteiger partial charge in [-0.1, -0.05) is 0 Å². The monoisotopic (exact) mass is 163 g/mol. The molecule has 0 amide bonds. The molecular formula is C8H9N3O.